The molecule has 6 heteroatoms. The number of hydrogen-bond donors (Lipinski definition) is 2. The number of nitrogens with one attached hydrogen (secondary N) is 1. The highest BCUT2D eigenvalue weighted by Crippen LogP contribution is 2.21. The van der Waals surface area contributed by atoms with E-state index in [1.54, 1.807) is 19.1 Å². The van der Waals surface area contributed by atoms with Crippen LogP contribution in [0.25, 0.3) is 0 Å². The van der Waals surface area contributed by atoms with Gasteiger partial charge < -0.3 is 10.4 Å². The lowest BCUT2D eigenvalue weighted by atomic mass is 10.1. The molecule has 0 saturated carbocycles. The molecule has 0 aliphatic rings. The van der Waals surface area contributed by atoms with E-state index in [9.17, 15) is 14.0 Å². The molecule has 108 valence electrons. The van der Waals surface area contributed by atoms with Crippen LogP contribution in [0.3, 0.4) is 0 Å². The first-order valence-electron chi connectivity index (χ1n) is 5.99. The van der Waals surface area contributed by atoms with E-state index in [4.69, 9.17) is 5.11 Å². The highest BCUT2D eigenvalue weighted by molar-refractivity contribution is 9.10. The molecule has 4 nitrogen and oxygen atoms in total. The number of aromatic carboxylic acids is 1. The Kier molecular flexibility index (Phi) is 4.37. The normalized spacial score (nSPS) is 10.2. The van der Waals surface area contributed by atoms with Crippen LogP contribution in [-0.4, -0.2) is 17.0 Å². The van der Waals surface area contributed by atoms with Crippen molar-refractivity contribution >= 4 is 33.5 Å². The number of rotatable bonds is 3. The van der Waals surface area contributed by atoms with Crippen molar-refractivity contribution in [3.8, 4) is 0 Å². The van der Waals surface area contributed by atoms with Gasteiger partial charge >= 0.3 is 5.97 Å². The Morgan fingerprint density at radius 1 is 1.14 bits per heavy atom. The van der Waals surface area contributed by atoms with Crippen LogP contribution in [0.15, 0.2) is 40.9 Å². The summed E-state index contributed by atoms with van der Waals surface area (Å²) in [6, 6.07) is 8.32. The lowest BCUT2D eigenvalue weighted by molar-refractivity contribution is 0.0695. The van der Waals surface area contributed by atoms with Crippen molar-refractivity contribution in [1.82, 2.24) is 0 Å². The van der Waals surface area contributed by atoms with E-state index in [1.165, 1.54) is 18.2 Å². The molecule has 0 spiro atoms. The smallest absolute Gasteiger partial charge is 0.336 e. The minimum Gasteiger partial charge on any atom is -0.478 e. The second kappa shape index (κ2) is 6.05. The average molecular weight is 352 g/mol. The molecule has 21 heavy (non-hydrogen) atoms. The van der Waals surface area contributed by atoms with E-state index in [0.717, 1.165) is 6.07 Å². The van der Waals surface area contributed by atoms with Crippen molar-refractivity contribution in [2.45, 2.75) is 6.92 Å². The van der Waals surface area contributed by atoms with E-state index < -0.39 is 17.7 Å². The largest absolute Gasteiger partial charge is 0.478 e. The maximum Gasteiger partial charge on any atom is 0.336 e. The zero-order chi connectivity index (χ0) is 15.6. The topological polar surface area (TPSA) is 66.4 Å². The van der Waals surface area contributed by atoms with Crippen LogP contribution < -0.4 is 5.32 Å². The monoisotopic (exact) mass is 351 g/mol. The molecule has 0 atom stereocenters. The average Bonchev–Trinajstić information content (AvgIpc) is 2.43. The van der Waals surface area contributed by atoms with Crippen LogP contribution in [0.4, 0.5) is 10.1 Å². The molecule has 0 saturated heterocycles. The van der Waals surface area contributed by atoms with Gasteiger partial charge in [0.15, 0.2) is 0 Å². The van der Waals surface area contributed by atoms with Gasteiger partial charge in [-0.05, 0) is 58.7 Å². The Hall–Kier alpha value is -2.21. The summed E-state index contributed by atoms with van der Waals surface area (Å²) in [4.78, 5) is 23.2. The molecule has 0 unspecified atom stereocenters. The van der Waals surface area contributed by atoms with Crippen LogP contribution in [0, 0.1) is 12.7 Å². The number of anilines is 1. The Labute approximate surface area is 128 Å². The third-order valence-electron chi connectivity index (χ3n) is 2.90. The summed E-state index contributed by atoms with van der Waals surface area (Å²) in [5.74, 6) is -2.13. The van der Waals surface area contributed by atoms with E-state index in [2.05, 4.69) is 21.2 Å². The zero-order valence-corrected chi connectivity index (χ0v) is 12.6. The first-order valence-corrected chi connectivity index (χ1v) is 6.78. The molecule has 0 fully saturated rings. The van der Waals surface area contributed by atoms with Crippen molar-refractivity contribution in [2.24, 2.45) is 0 Å². The van der Waals surface area contributed by atoms with E-state index >= 15 is 0 Å². The fraction of sp³-hybridized carbons (Fsp3) is 0.0667. The minimum atomic E-state index is -1.07. The molecule has 0 aliphatic carbocycles. The highest BCUT2D eigenvalue weighted by Gasteiger charge is 2.13. The quantitative estimate of drug-likeness (QED) is 0.882. The van der Waals surface area contributed by atoms with Gasteiger partial charge in [0.25, 0.3) is 5.91 Å². The number of carbonyl (C=O) groups excluding carboxylic acids is 1. The maximum absolute atomic E-state index is 13.2. The Balaban J connectivity index is 2.29. The van der Waals surface area contributed by atoms with Gasteiger partial charge in [-0.2, -0.15) is 0 Å². The highest BCUT2D eigenvalue weighted by atomic mass is 79.9. The molecule has 0 bridgehead atoms. The standard InChI is InChI=1S/C15H11BrFNO3/c1-8-2-4-10(7-11(8)15(20)21)18-14(19)12-6-9(17)3-5-13(12)16/h2-7H,1H3,(H,18,19)(H,20,21). The second-order valence-electron chi connectivity index (χ2n) is 4.41. The van der Waals surface area contributed by atoms with E-state index in [0.29, 0.717) is 15.7 Å². The molecule has 2 aromatic rings. The van der Waals surface area contributed by atoms with E-state index in [-0.39, 0.29) is 11.1 Å². The molecule has 0 aromatic heterocycles. The number of aryl methyl sites for hydroxylation is 1. The molecule has 2 aromatic carbocycles. The summed E-state index contributed by atoms with van der Waals surface area (Å²) in [6.07, 6.45) is 0. The van der Waals surface area contributed by atoms with Crippen LogP contribution >= 0.6 is 15.9 Å². The number of carboxylic acids is 1. The Morgan fingerprint density at radius 2 is 1.86 bits per heavy atom. The number of benzene rings is 2. The van der Waals surface area contributed by atoms with Gasteiger partial charge in [0, 0.05) is 10.2 Å². The Bertz CT molecular complexity index is 731. The van der Waals surface area contributed by atoms with Crippen LogP contribution in [0.1, 0.15) is 26.3 Å². The summed E-state index contributed by atoms with van der Waals surface area (Å²) < 4.78 is 13.6. The number of carbonyl (C=O) groups is 2. The summed E-state index contributed by atoms with van der Waals surface area (Å²) >= 11 is 3.17. The molecule has 1 amide bonds. The second-order valence-corrected chi connectivity index (χ2v) is 5.27. The summed E-state index contributed by atoms with van der Waals surface area (Å²) in [5, 5.41) is 11.6. The van der Waals surface area contributed by atoms with Crippen LogP contribution in [-0.2, 0) is 0 Å². The number of halogens is 2. The first-order chi connectivity index (χ1) is 9.88. The predicted molar refractivity (Wildman–Crippen MR) is 80.2 cm³/mol. The summed E-state index contributed by atoms with van der Waals surface area (Å²) in [5.41, 5.74) is 1.16. The van der Waals surface area contributed by atoms with Crippen LogP contribution in [0.2, 0.25) is 0 Å². The van der Waals surface area contributed by atoms with Crippen molar-refractivity contribution < 1.29 is 19.1 Å². The minimum absolute atomic E-state index is 0.103. The molecule has 0 aliphatic heterocycles. The van der Waals surface area contributed by atoms with Gasteiger partial charge in [-0.25, -0.2) is 9.18 Å². The molecule has 0 heterocycles. The summed E-state index contributed by atoms with van der Waals surface area (Å²) in [6.45, 7) is 1.66. The van der Waals surface area contributed by atoms with Crippen molar-refractivity contribution in [3.05, 3.63) is 63.4 Å². The molecular formula is C15H11BrFNO3. The summed E-state index contributed by atoms with van der Waals surface area (Å²) in [7, 11) is 0. The number of amides is 1. The third kappa shape index (κ3) is 3.46. The lowest BCUT2D eigenvalue weighted by Gasteiger charge is -2.09. The van der Waals surface area contributed by atoms with Gasteiger partial charge in [0.2, 0.25) is 0 Å². The first kappa shape index (κ1) is 15.2. The van der Waals surface area contributed by atoms with E-state index in [1.807, 2.05) is 0 Å². The van der Waals surface area contributed by atoms with Crippen molar-refractivity contribution in [1.29, 1.82) is 0 Å². The van der Waals surface area contributed by atoms with Gasteiger partial charge in [-0.3, -0.25) is 4.79 Å². The number of hydrogen-bond acceptors (Lipinski definition) is 2. The maximum atomic E-state index is 13.2. The lowest BCUT2D eigenvalue weighted by Crippen LogP contribution is -2.13. The molecule has 0 radical (unpaired) electrons. The third-order valence-corrected chi connectivity index (χ3v) is 3.59. The molecule has 2 N–H and O–H groups in total. The fourth-order valence-corrected chi connectivity index (χ4v) is 2.23. The fourth-order valence-electron chi connectivity index (χ4n) is 1.80. The predicted octanol–water partition coefficient (Wildman–Crippen LogP) is 3.85. The number of carboxylic acid groups (broad SMARTS) is 1. The zero-order valence-electron chi connectivity index (χ0n) is 11.0. The van der Waals surface area contributed by atoms with Gasteiger partial charge in [-0.1, -0.05) is 6.07 Å². The molecular weight excluding hydrogens is 341 g/mol. The van der Waals surface area contributed by atoms with Crippen LogP contribution in [0.5, 0.6) is 0 Å². The van der Waals surface area contributed by atoms with Crippen molar-refractivity contribution in [3.63, 3.8) is 0 Å². The van der Waals surface area contributed by atoms with Gasteiger partial charge in [-0.15, -0.1) is 0 Å². The Morgan fingerprint density at radius 3 is 2.52 bits per heavy atom. The van der Waals surface area contributed by atoms with Gasteiger partial charge in [0.05, 0.1) is 11.1 Å². The van der Waals surface area contributed by atoms with Gasteiger partial charge in [0.1, 0.15) is 5.82 Å². The molecule has 2 rings (SSSR count). The van der Waals surface area contributed by atoms with Crippen molar-refractivity contribution in [2.75, 3.05) is 5.32 Å². The SMILES string of the molecule is Cc1ccc(NC(=O)c2cc(F)ccc2Br)cc1C(=O)O.